The fourth-order valence-electron chi connectivity index (χ4n) is 2.97. The Kier molecular flexibility index (Phi) is 6.59. The fourth-order valence-corrected chi connectivity index (χ4v) is 2.97. The van der Waals surface area contributed by atoms with Gasteiger partial charge in [-0.3, -0.25) is 9.59 Å². The topological polar surface area (TPSA) is 94.8 Å². The molecule has 0 spiro atoms. The third kappa shape index (κ3) is 5.07. The van der Waals surface area contributed by atoms with E-state index in [2.05, 4.69) is 20.2 Å². The maximum atomic E-state index is 12.3. The van der Waals surface area contributed by atoms with Gasteiger partial charge in [-0.25, -0.2) is 9.97 Å². The normalized spacial score (nSPS) is 14.4. The van der Waals surface area contributed by atoms with Gasteiger partial charge in [0, 0.05) is 45.1 Å². The molecule has 2 aromatic heterocycles. The van der Waals surface area contributed by atoms with E-state index in [-0.39, 0.29) is 11.8 Å². The van der Waals surface area contributed by atoms with Gasteiger partial charge in [-0.05, 0) is 39.2 Å². The van der Waals surface area contributed by atoms with Crippen LogP contribution in [0.15, 0.2) is 35.2 Å². The molecular formula is C19H26N6O3. The summed E-state index contributed by atoms with van der Waals surface area (Å²) in [5.41, 5.74) is 0.445. The van der Waals surface area contributed by atoms with Crippen molar-refractivity contribution in [3.63, 3.8) is 0 Å². The predicted octanol–water partition coefficient (Wildman–Crippen LogP) is 0.714. The van der Waals surface area contributed by atoms with Gasteiger partial charge in [-0.15, -0.1) is 0 Å². The lowest BCUT2D eigenvalue weighted by Gasteiger charge is -2.34. The molecule has 3 rings (SSSR count). The molecule has 1 fully saturated rings. The lowest BCUT2D eigenvalue weighted by atomic mass is 10.3. The van der Waals surface area contributed by atoms with Crippen LogP contribution in [0.5, 0.6) is 0 Å². The molecule has 9 heteroatoms. The Bertz CT molecular complexity index is 767. The van der Waals surface area contributed by atoms with E-state index in [1.807, 2.05) is 19.0 Å². The van der Waals surface area contributed by atoms with Crippen LogP contribution in [-0.2, 0) is 0 Å². The zero-order chi connectivity index (χ0) is 19.9. The van der Waals surface area contributed by atoms with Crippen molar-refractivity contribution in [3.05, 3.63) is 42.1 Å². The molecule has 1 saturated heterocycles. The van der Waals surface area contributed by atoms with Crippen molar-refractivity contribution in [3.8, 4) is 0 Å². The highest BCUT2D eigenvalue weighted by Crippen LogP contribution is 2.13. The van der Waals surface area contributed by atoms with Crippen LogP contribution in [0.25, 0.3) is 0 Å². The fraction of sp³-hybridized carbons (Fsp3) is 0.474. The van der Waals surface area contributed by atoms with E-state index in [0.717, 1.165) is 13.0 Å². The number of carbonyl (C=O) groups excluding carboxylic acids is 2. The molecule has 2 amide bonds. The SMILES string of the molecule is CN(C)CCCNC(=O)c1cnc(N2CCN(C(=O)c3ccco3)CC2)nc1. The number of piperazine rings is 1. The molecule has 1 aliphatic rings. The third-order valence-electron chi connectivity index (χ3n) is 4.55. The first-order valence-electron chi connectivity index (χ1n) is 9.37. The average molecular weight is 386 g/mol. The highest BCUT2D eigenvalue weighted by atomic mass is 16.3. The molecule has 0 aromatic carbocycles. The van der Waals surface area contributed by atoms with Crippen LogP contribution in [0.1, 0.15) is 27.3 Å². The van der Waals surface area contributed by atoms with Gasteiger partial charge >= 0.3 is 0 Å². The number of amides is 2. The van der Waals surface area contributed by atoms with Crippen LogP contribution in [0, 0.1) is 0 Å². The Morgan fingerprint density at radius 3 is 2.50 bits per heavy atom. The number of hydrogen-bond acceptors (Lipinski definition) is 7. The zero-order valence-electron chi connectivity index (χ0n) is 16.3. The van der Waals surface area contributed by atoms with Crippen molar-refractivity contribution in [2.75, 3.05) is 58.3 Å². The summed E-state index contributed by atoms with van der Waals surface area (Å²) in [5, 5.41) is 2.87. The van der Waals surface area contributed by atoms with Gasteiger partial charge < -0.3 is 24.4 Å². The van der Waals surface area contributed by atoms with Gasteiger partial charge in [0.25, 0.3) is 11.8 Å². The van der Waals surface area contributed by atoms with E-state index in [0.29, 0.717) is 50.0 Å². The highest BCUT2D eigenvalue weighted by Gasteiger charge is 2.24. The molecule has 9 nitrogen and oxygen atoms in total. The molecule has 0 radical (unpaired) electrons. The van der Waals surface area contributed by atoms with E-state index >= 15 is 0 Å². The Morgan fingerprint density at radius 1 is 1.18 bits per heavy atom. The lowest BCUT2D eigenvalue weighted by Crippen LogP contribution is -2.49. The molecule has 3 heterocycles. The second-order valence-corrected chi connectivity index (χ2v) is 6.94. The molecule has 0 bridgehead atoms. The van der Waals surface area contributed by atoms with Gasteiger partial charge in [-0.1, -0.05) is 0 Å². The van der Waals surface area contributed by atoms with Gasteiger partial charge in [0.15, 0.2) is 5.76 Å². The van der Waals surface area contributed by atoms with Crippen LogP contribution in [0.4, 0.5) is 5.95 Å². The van der Waals surface area contributed by atoms with E-state index in [1.54, 1.807) is 29.4 Å². The van der Waals surface area contributed by atoms with E-state index in [9.17, 15) is 9.59 Å². The van der Waals surface area contributed by atoms with E-state index in [1.165, 1.54) is 6.26 Å². The number of nitrogens with one attached hydrogen (secondary N) is 1. The maximum Gasteiger partial charge on any atom is 0.289 e. The molecule has 150 valence electrons. The zero-order valence-corrected chi connectivity index (χ0v) is 16.3. The van der Waals surface area contributed by atoms with Crippen molar-refractivity contribution in [2.24, 2.45) is 0 Å². The highest BCUT2D eigenvalue weighted by molar-refractivity contribution is 5.93. The Balaban J connectivity index is 1.48. The van der Waals surface area contributed by atoms with Gasteiger partial charge in [0.1, 0.15) is 0 Å². The average Bonchev–Trinajstić information content (AvgIpc) is 3.25. The molecule has 0 atom stereocenters. The maximum absolute atomic E-state index is 12.3. The number of rotatable bonds is 7. The number of hydrogen-bond donors (Lipinski definition) is 1. The molecular weight excluding hydrogens is 360 g/mol. The number of carbonyl (C=O) groups is 2. The Labute approximate surface area is 164 Å². The molecule has 1 aliphatic heterocycles. The molecule has 28 heavy (non-hydrogen) atoms. The summed E-state index contributed by atoms with van der Waals surface area (Å²) >= 11 is 0. The summed E-state index contributed by atoms with van der Waals surface area (Å²) in [6.07, 6.45) is 5.48. The predicted molar refractivity (Wildman–Crippen MR) is 104 cm³/mol. The number of aromatic nitrogens is 2. The van der Waals surface area contributed by atoms with Crippen molar-refractivity contribution >= 4 is 17.8 Å². The summed E-state index contributed by atoms with van der Waals surface area (Å²) in [7, 11) is 4.00. The second kappa shape index (κ2) is 9.32. The van der Waals surface area contributed by atoms with Crippen LogP contribution >= 0.6 is 0 Å². The summed E-state index contributed by atoms with van der Waals surface area (Å²) < 4.78 is 5.17. The summed E-state index contributed by atoms with van der Waals surface area (Å²) in [6, 6.07) is 3.37. The van der Waals surface area contributed by atoms with Crippen molar-refractivity contribution in [1.82, 2.24) is 25.1 Å². The van der Waals surface area contributed by atoms with Crippen molar-refractivity contribution in [1.29, 1.82) is 0 Å². The molecule has 0 unspecified atom stereocenters. The van der Waals surface area contributed by atoms with Gasteiger partial charge in [0.2, 0.25) is 5.95 Å². The number of furan rings is 1. The second-order valence-electron chi connectivity index (χ2n) is 6.94. The van der Waals surface area contributed by atoms with E-state index < -0.39 is 0 Å². The first-order valence-corrected chi connectivity index (χ1v) is 9.37. The summed E-state index contributed by atoms with van der Waals surface area (Å²) in [4.78, 5) is 38.9. The minimum Gasteiger partial charge on any atom is -0.459 e. The molecule has 2 aromatic rings. The minimum atomic E-state index is -0.167. The number of nitrogens with zero attached hydrogens (tertiary/aromatic N) is 5. The first-order chi connectivity index (χ1) is 13.5. The Morgan fingerprint density at radius 2 is 1.89 bits per heavy atom. The van der Waals surface area contributed by atoms with Crippen molar-refractivity contribution < 1.29 is 14.0 Å². The third-order valence-corrected chi connectivity index (χ3v) is 4.55. The largest absolute Gasteiger partial charge is 0.459 e. The number of anilines is 1. The van der Waals surface area contributed by atoms with Crippen LogP contribution in [0.2, 0.25) is 0 Å². The molecule has 0 saturated carbocycles. The minimum absolute atomic E-state index is 0.105. The lowest BCUT2D eigenvalue weighted by molar-refractivity contribution is 0.0714. The van der Waals surface area contributed by atoms with E-state index in [4.69, 9.17) is 4.42 Å². The summed E-state index contributed by atoms with van der Waals surface area (Å²) in [5.74, 6) is 0.644. The first kappa shape index (κ1) is 19.8. The van der Waals surface area contributed by atoms with Crippen molar-refractivity contribution in [2.45, 2.75) is 6.42 Å². The van der Waals surface area contributed by atoms with Gasteiger partial charge in [-0.2, -0.15) is 0 Å². The van der Waals surface area contributed by atoms with Crippen LogP contribution < -0.4 is 10.2 Å². The Hall–Kier alpha value is -2.94. The quantitative estimate of drug-likeness (QED) is 0.701. The standard InChI is InChI=1S/C19H26N6O3/c1-23(2)7-4-6-20-17(26)15-13-21-19(22-14-15)25-10-8-24(9-11-25)18(27)16-5-3-12-28-16/h3,5,12-14H,4,6-11H2,1-2H3,(H,20,26). The van der Waals surface area contributed by atoms with Gasteiger partial charge in [0.05, 0.1) is 11.8 Å². The molecule has 1 N–H and O–H groups in total. The summed E-state index contributed by atoms with van der Waals surface area (Å²) in [6.45, 7) is 3.92. The molecule has 0 aliphatic carbocycles. The van der Waals surface area contributed by atoms with Crippen LogP contribution in [0.3, 0.4) is 0 Å². The smallest absolute Gasteiger partial charge is 0.289 e. The monoisotopic (exact) mass is 386 g/mol. The van der Waals surface area contributed by atoms with Crippen LogP contribution in [-0.4, -0.2) is 84.9 Å².